The molecule has 2 unspecified atom stereocenters. The number of halogens is 2. The molecule has 1 aliphatic heterocycles. The van der Waals surface area contributed by atoms with Crippen molar-refractivity contribution in [3.05, 3.63) is 77.4 Å². The standard InChI is InChI=1S/C24H24F2O3/c1-3-23-28-15-24(4-2,29-23)19-11-21(26)13-22(12-19)27-14-16-5-6-17-7-8-20(25)10-18(17)9-16/h5-13,23H,3-4,14-15H2,1-2H3. The van der Waals surface area contributed by atoms with Gasteiger partial charge in [0.05, 0.1) is 6.61 Å². The second kappa shape index (κ2) is 8.09. The van der Waals surface area contributed by atoms with Crippen LogP contribution in [0.3, 0.4) is 0 Å². The molecule has 1 fully saturated rings. The molecule has 5 heteroatoms. The molecule has 2 atom stereocenters. The quantitative estimate of drug-likeness (QED) is 0.503. The highest BCUT2D eigenvalue weighted by Crippen LogP contribution is 2.39. The second-order valence-corrected chi connectivity index (χ2v) is 7.40. The fraction of sp³-hybridized carbons (Fsp3) is 0.333. The Bertz CT molecular complexity index is 1020. The molecule has 3 aromatic carbocycles. The van der Waals surface area contributed by atoms with Crippen LogP contribution in [-0.4, -0.2) is 12.9 Å². The summed E-state index contributed by atoms with van der Waals surface area (Å²) in [5.41, 5.74) is 0.929. The van der Waals surface area contributed by atoms with E-state index in [0.29, 0.717) is 24.3 Å². The van der Waals surface area contributed by atoms with Gasteiger partial charge in [-0.15, -0.1) is 0 Å². The number of ether oxygens (including phenoxy) is 3. The molecule has 0 N–H and O–H groups in total. The van der Waals surface area contributed by atoms with E-state index >= 15 is 0 Å². The number of hydrogen-bond acceptors (Lipinski definition) is 3. The van der Waals surface area contributed by atoms with Gasteiger partial charge in [-0.2, -0.15) is 0 Å². The van der Waals surface area contributed by atoms with E-state index in [9.17, 15) is 8.78 Å². The molecule has 0 amide bonds. The summed E-state index contributed by atoms with van der Waals surface area (Å²) < 4.78 is 45.5. The monoisotopic (exact) mass is 398 g/mol. The van der Waals surface area contributed by atoms with Crippen LogP contribution in [-0.2, 0) is 21.7 Å². The Morgan fingerprint density at radius 3 is 2.55 bits per heavy atom. The van der Waals surface area contributed by atoms with Crippen molar-refractivity contribution in [2.75, 3.05) is 6.61 Å². The lowest BCUT2D eigenvalue weighted by Crippen LogP contribution is -2.28. The van der Waals surface area contributed by atoms with Gasteiger partial charge >= 0.3 is 0 Å². The normalized spacial score (nSPS) is 21.6. The summed E-state index contributed by atoms with van der Waals surface area (Å²) in [7, 11) is 0. The van der Waals surface area contributed by atoms with E-state index in [0.717, 1.165) is 22.8 Å². The maximum absolute atomic E-state index is 14.3. The SMILES string of the molecule is CCC1OCC(CC)(c2cc(F)cc(OCc3ccc4ccc(F)cc4c3)c2)O1. The van der Waals surface area contributed by atoms with Crippen molar-refractivity contribution in [3.8, 4) is 5.75 Å². The summed E-state index contributed by atoms with van der Waals surface area (Å²) in [6.45, 7) is 4.64. The van der Waals surface area contributed by atoms with Crippen LogP contribution in [0.2, 0.25) is 0 Å². The van der Waals surface area contributed by atoms with Crippen LogP contribution in [0.1, 0.15) is 37.8 Å². The molecule has 0 saturated carbocycles. The van der Waals surface area contributed by atoms with E-state index in [1.165, 1.54) is 24.3 Å². The van der Waals surface area contributed by atoms with Gasteiger partial charge in [0.1, 0.15) is 29.6 Å². The van der Waals surface area contributed by atoms with E-state index in [2.05, 4.69) is 0 Å². The number of fused-ring (bicyclic) bond motifs is 1. The molecular weight excluding hydrogens is 374 g/mol. The van der Waals surface area contributed by atoms with E-state index in [4.69, 9.17) is 14.2 Å². The van der Waals surface area contributed by atoms with E-state index < -0.39 is 5.60 Å². The highest BCUT2D eigenvalue weighted by atomic mass is 19.1. The van der Waals surface area contributed by atoms with Gasteiger partial charge in [0.25, 0.3) is 0 Å². The predicted octanol–water partition coefficient (Wildman–Crippen LogP) is 6.09. The Morgan fingerprint density at radius 1 is 0.966 bits per heavy atom. The largest absolute Gasteiger partial charge is 0.489 e. The Hall–Kier alpha value is -2.50. The average molecular weight is 398 g/mol. The zero-order valence-electron chi connectivity index (χ0n) is 16.6. The van der Waals surface area contributed by atoms with Crippen molar-refractivity contribution in [3.63, 3.8) is 0 Å². The van der Waals surface area contributed by atoms with Gasteiger partial charge < -0.3 is 14.2 Å². The Kier molecular flexibility index (Phi) is 5.52. The van der Waals surface area contributed by atoms with Crippen LogP contribution in [0, 0.1) is 11.6 Å². The van der Waals surface area contributed by atoms with E-state index in [-0.39, 0.29) is 24.5 Å². The van der Waals surface area contributed by atoms with Crippen LogP contribution < -0.4 is 4.74 Å². The molecule has 1 saturated heterocycles. The highest BCUT2D eigenvalue weighted by molar-refractivity contribution is 5.83. The molecule has 1 heterocycles. The molecule has 0 aromatic heterocycles. The zero-order valence-corrected chi connectivity index (χ0v) is 16.6. The molecule has 3 nitrogen and oxygen atoms in total. The topological polar surface area (TPSA) is 27.7 Å². The summed E-state index contributed by atoms with van der Waals surface area (Å²) in [6.07, 6.45) is 1.13. The minimum absolute atomic E-state index is 0.253. The van der Waals surface area contributed by atoms with E-state index in [1.807, 2.05) is 38.1 Å². The Labute approximate surface area is 169 Å². The fourth-order valence-corrected chi connectivity index (χ4v) is 3.72. The lowest BCUT2D eigenvalue weighted by atomic mass is 9.91. The van der Waals surface area contributed by atoms with Crippen LogP contribution >= 0.6 is 0 Å². The van der Waals surface area contributed by atoms with Gasteiger partial charge in [-0.1, -0.05) is 32.0 Å². The highest BCUT2D eigenvalue weighted by Gasteiger charge is 2.41. The molecule has 29 heavy (non-hydrogen) atoms. The van der Waals surface area contributed by atoms with Gasteiger partial charge in [-0.3, -0.25) is 0 Å². The maximum atomic E-state index is 14.3. The summed E-state index contributed by atoms with van der Waals surface area (Å²) in [6, 6.07) is 15.1. The lowest BCUT2D eigenvalue weighted by Gasteiger charge is -2.27. The first-order valence-corrected chi connectivity index (χ1v) is 9.93. The first kappa shape index (κ1) is 19.8. The zero-order chi connectivity index (χ0) is 20.4. The summed E-state index contributed by atoms with van der Waals surface area (Å²) in [4.78, 5) is 0. The summed E-state index contributed by atoms with van der Waals surface area (Å²) >= 11 is 0. The van der Waals surface area contributed by atoms with Crippen molar-refractivity contribution >= 4 is 10.8 Å². The molecule has 4 rings (SSSR count). The molecule has 0 radical (unpaired) electrons. The molecule has 0 spiro atoms. The van der Waals surface area contributed by atoms with Gasteiger partial charge in [0, 0.05) is 6.07 Å². The summed E-state index contributed by atoms with van der Waals surface area (Å²) in [5, 5.41) is 1.76. The molecular formula is C24H24F2O3. The van der Waals surface area contributed by atoms with Crippen LogP contribution in [0.4, 0.5) is 8.78 Å². The van der Waals surface area contributed by atoms with Gasteiger partial charge in [0.15, 0.2) is 6.29 Å². The van der Waals surface area contributed by atoms with Gasteiger partial charge in [-0.05, 0) is 65.1 Å². The minimum Gasteiger partial charge on any atom is -0.489 e. The summed E-state index contributed by atoms with van der Waals surface area (Å²) in [5.74, 6) is -0.232. The maximum Gasteiger partial charge on any atom is 0.158 e. The molecule has 1 aliphatic rings. The third-order valence-electron chi connectivity index (χ3n) is 5.43. The van der Waals surface area contributed by atoms with Crippen molar-refractivity contribution in [1.82, 2.24) is 0 Å². The van der Waals surface area contributed by atoms with Crippen molar-refractivity contribution in [2.24, 2.45) is 0 Å². The number of rotatable bonds is 6. The Morgan fingerprint density at radius 2 is 1.79 bits per heavy atom. The first-order valence-electron chi connectivity index (χ1n) is 9.93. The molecule has 0 bridgehead atoms. The van der Waals surface area contributed by atoms with Crippen molar-refractivity contribution in [2.45, 2.75) is 45.2 Å². The second-order valence-electron chi connectivity index (χ2n) is 7.40. The molecule has 0 aliphatic carbocycles. The first-order chi connectivity index (χ1) is 14.0. The predicted molar refractivity (Wildman–Crippen MR) is 108 cm³/mol. The molecule has 152 valence electrons. The average Bonchev–Trinajstić information content (AvgIpc) is 3.17. The third-order valence-corrected chi connectivity index (χ3v) is 5.43. The van der Waals surface area contributed by atoms with Crippen molar-refractivity contribution < 1.29 is 23.0 Å². The van der Waals surface area contributed by atoms with Gasteiger partial charge in [0.2, 0.25) is 0 Å². The lowest BCUT2D eigenvalue weighted by molar-refractivity contribution is -0.0943. The fourth-order valence-electron chi connectivity index (χ4n) is 3.72. The van der Waals surface area contributed by atoms with Crippen LogP contribution in [0.5, 0.6) is 5.75 Å². The van der Waals surface area contributed by atoms with Crippen LogP contribution in [0.15, 0.2) is 54.6 Å². The number of hydrogen-bond donors (Lipinski definition) is 0. The molecule has 3 aromatic rings. The van der Waals surface area contributed by atoms with Gasteiger partial charge in [-0.25, -0.2) is 8.78 Å². The minimum atomic E-state index is -0.665. The third kappa shape index (κ3) is 4.11. The van der Waals surface area contributed by atoms with E-state index in [1.54, 1.807) is 6.07 Å². The van der Waals surface area contributed by atoms with Crippen LogP contribution in [0.25, 0.3) is 10.8 Å². The van der Waals surface area contributed by atoms with Crippen molar-refractivity contribution in [1.29, 1.82) is 0 Å². The number of benzene rings is 3. The Balaban J connectivity index is 1.55. The smallest absolute Gasteiger partial charge is 0.158 e.